The normalized spacial score (nSPS) is 10.1. The van der Waals surface area contributed by atoms with Crippen molar-refractivity contribution >= 4 is 5.91 Å². The van der Waals surface area contributed by atoms with E-state index < -0.39 is 0 Å². The highest BCUT2D eigenvalue weighted by molar-refractivity contribution is 5.92. The first-order chi connectivity index (χ1) is 8.25. The number of primary amides is 1. The Kier molecular flexibility index (Phi) is 3.50. The van der Waals surface area contributed by atoms with Crippen molar-refractivity contribution in [3.63, 3.8) is 0 Å². The van der Waals surface area contributed by atoms with E-state index in [-0.39, 0.29) is 5.91 Å². The van der Waals surface area contributed by atoms with Crippen molar-refractivity contribution in [2.24, 2.45) is 5.73 Å². The topological polar surface area (TPSA) is 56.0 Å². The minimum atomic E-state index is -0.384. The Morgan fingerprint density at radius 1 is 0.941 bits per heavy atom. The van der Waals surface area contributed by atoms with E-state index in [0.29, 0.717) is 5.56 Å². The second kappa shape index (κ2) is 5.25. The first-order valence-electron chi connectivity index (χ1n) is 5.53. The molecule has 86 valence electrons. The zero-order valence-corrected chi connectivity index (χ0v) is 9.47. The van der Waals surface area contributed by atoms with E-state index in [0.717, 1.165) is 12.8 Å². The average molecular weight is 226 g/mol. The molecule has 17 heavy (non-hydrogen) atoms. The number of pyridine rings is 1. The lowest BCUT2D eigenvalue weighted by Crippen LogP contribution is -2.10. The van der Waals surface area contributed by atoms with Crippen LogP contribution in [-0.2, 0) is 12.8 Å². The molecule has 0 aliphatic heterocycles. The molecule has 0 fully saturated rings. The monoisotopic (exact) mass is 226 g/mol. The Hall–Kier alpha value is -2.16. The van der Waals surface area contributed by atoms with Gasteiger partial charge in [0.15, 0.2) is 0 Å². The van der Waals surface area contributed by atoms with Crippen LogP contribution in [0.15, 0.2) is 48.8 Å². The van der Waals surface area contributed by atoms with Gasteiger partial charge in [0.1, 0.15) is 0 Å². The van der Waals surface area contributed by atoms with E-state index >= 15 is 0 Å². The zero-order valence-electron chi connectivity index (χ0n) is 9.47. The summed E-state index contributed by atoms with van der Waals surface area (Å²) in [5.41, 5.74) is 8.20. The highest BCUT2D eigenvalue weighted by Gasteiger charge is 2.00. The lowest BCUT2D eigenvalue weighted by atomic mass is 10.0. The summed E-state index contributed by atoms with van der Waals surface area (Å²) in [6.45, 7) is 0. The first-order valence-corrected chi connectivity index (χ1v) is 5.53. The summed E-state index contributed by atoms with van der Waals surface area (Å²) in [5.74, 6) is -0.384. The van der Waals surface area contributed by atoms with Gasteiger partial charge >= 0.3 is 0 Å². The number of nitrogens with zero attached hydrogens (tertiary/aromatic N) is 1. The van der Waals surface area contributed by atoms with Gasteiger partial charge in [0.25, 0.3) is 0 Å². The minimum Gasteiger partial charge on any atom is -0.366 e. The predicted molar refractivity (Wildman–Crippen MR) is 66.6 cm³/mol. The van der Waals surface area contributed by atoms with Crippen LogP contribution in [0.25, 0.3) is 0 Å². The van der Waals surface area contributed by atoms with Crippen LogP contribution >= 0.6 is 0 Å². The Labute approximate surface area is 100 Å². The summed E-state index contributed by atoms with van der Waals surface area (Å²) in [4.78, 5) is 14.9. The minimum absolute atomic E-state index is 0.384. The van der Waals surface area contributed by atoms with Crippen molar-refractivity contribution in [2.45, 2.75) is 12.8 Å². The fourth-order valence-electron chi connectivity index (χ4n) is 1.67. The number of hydrogen-bond acceptors (Lipinski definition) is 2. The van der Waals surface area contributed by atoms with E-state index in [4.69, 9.17) is 5.73 Å². The van der Waals surface area contributed by atoms with Crippen LogP contribution in [0.1, 0.15) is 21.5 Å². The van der Waals surface area contributed by atoms with Crippen molar-refractivity contribution in [1.82, 2.24) is 4.98 Å². The molecule has 2 aromatic rings. The van der Waals surface area contributed by atoms with Gasteiger partial charge in [-0.3, -0.25) is 9.78 Å². The molecule has 2 rings (SSSR count). The molecule has 3 nitrogen and oxygen atoms in total. The third-order valence-corrected chi connectivity index (χ3v) is 2.69. The van der Waals surface area contributed by atoms with Crippen LogP contribution in [0.2, 0.25) is 0 Å². The van der Waals surface area contributed by atoms with Gasteiger partial charge < -0.3 is 5.73 Å². The number of carbonyl (C=O) groups is 1. The molecule has 3 heteroatoms. The molecule has 1 amide bonds. The van der Waals surface area contributed by atoms with Crippen molar-refractivity contribution in [3.05, 3.63) is 65.5 Å². The number of aryl methyl sites for hydroxylation is 2. The van der Waals surface area contributed by atoms with Crippen molar-refractivity contribution in [3.8, 4) is 0 Å². The Morgan fingerprint density at radius 2 is 1.47 bits per heavy atom. The number of benzene rings is 1. The molecule has 0 saturated carbocycles. The van der Waals surface area contributed by atoms with Gasteiger partial charge in [0, 0.05) is 18.0 Å². The maximum Gasteiger partial charge on any atom is 0.248 e. The molecular weight excluding hydrogens is 212 g/mol. The second-order valence-electron chi connectivity index (χ2n) is 3.92. The molecule has 0 atom stereocenters. The highest BCUT2D eigenvalue weighted by Crippen LogP contribution is 2.08. The largest absolute Gasteiger partial charge is 0.366 e. The number of aromatic nitrogens is 1. The fraction of sp³-hybridized carbons (Fsp3) is 0.143. The number of amides is 1. The first kappa shape index (κ1) is 11.3. The number of rotatable bonds is 4. The van der Waals surface area contributed by atoms with Gasteiger partial charge in [-0.05, 0) is 48.2 Å². The molecule has 1 heterocycles. The van der Waals surface area contributed by atoms with Crippen LogP contribution in [0.3, 0.4) is 0 Å². The summed E-state index contributed by atoms with van der Waals surface area (Å²) in [7, 11) is 0. The van der Waals surface area contributed by atoms with Crippen LogP contribution < -0.4 is 5.73 Å². The van der Waals surface area contributed by atoms with E-state index in [1.165, 1.54) is 11.1 Å². The molecule has 0 saturated heterocycles. The van der Waals surface area contributed by atoms with E-state index in [9.17, 15) is 4.79 Å². The van der Waals surface area contributed by atoms with E-state index in [1.807, 2.05) is 24.3 Å². The Balaban J connectivity index is 1.98. The molecule has 0 bridgehead atoms. The van der Waals surface area contributed by atoms with Gasteiger partial charge in [-0.1, -0.05) is 12.1 Å². The third kappa shape index (κ3) is 3.14. The van der Waals surface area contributed by atoms with Crippen molar-refractivity contribution < 1.29 is 4.79 Å². The zero-order chi connectivity index (χ0) is 12.1. The van der Waals surface area contributed by atoms with Gasteiger partial charge in [-0.2, -0.15) is 0 Å². The average Bonchev–Trinajstić information content (AvgIpc) is 2.38. The number of hydrogen-bond donors (Lipinski definition) is 1. The SMILES string of the molecule is NC(=O)c1ccc(CCc2ccncc2)cc1. The standard InChI is InChI=1S/C14H14N2O/c15-14(17)13-5-3-11(4-6-13)1-2-12-7-9-16-10-8-12/h3-10H,1-2H2,(H2,15,17). The van der Waals surface area contributed by atoms with Crippen molar-refractivity contribution in [2.75, 3.05) is 0 Å². The quantitative estimate of drug-likeness (QED) is 0.866. The third-order valence-electron chi connectivity index (χ3n) is 2.69. The molecule has 1 aromatic carbocycles. The second-order valence-corrected chi connectivity index (χ2v) is 3.92. The lowest BCUT2D eigenvalue weighted by molar-refractivity contribution is 0.100. The van der Waals surface area contributed by atoms with Crippen LogP contribution in [-0.4, -0.2) is 10.9 Å². The Bertz CT molecular complexity index is 491. The maximum absolute atomic E-state index is 10.9. The molecule has 2 N–H and O–H groups in total. The van der Waals surface area contributed by atoms with E-state index in [2.05, 4.69) is 4.98 Å². The fourth-order valence-corrected chi connectivity index (χ4v) is 1.67. The summed E-state index contributed by atoms with van der Waals surface area (Å²) < 4.78 is 0. The van der Waals surface area contributed by atoms with Crippen molar-refractivity contribution in [1.29, 1.82) is 0 Å². The van der Waals surface area contributed by atoms with Gasteiger partial charge in [-0.25, -0.2) is 0 Å². The predicted octanol–water partition coefficient (Wildman–Crippen LogP) is 1.97. The lowest BCUT2D eigenvalue weighted by Gasteiger charge is -2.02. The van der Waals surface area contributed by atoms with Gasteiger partial charge in [0.2, 0.25) is 5.91 Å². The smallest absolute Gasteiger partial charge is 0.248 e. The molecule has 1 aromatic heterocycles. The highest BCUT2D eigenvalue weighted by atomic mass is 16.1. The maximum atomic E-state index is 10.9. The summed E-state index contributed by atoms with van der Waals surface area (Å²) in [6.07, 6.45) is 5.51. The molecule has 0 unspecified atom stereocenters. The summed E-state index contributed by atoms with van der Waals surface area (Å²) in [5, 5.41) is 0. The molecule has 0 spiro atoms. The van der Waals surface area contributed by atoms with E-state index in [1.54, 1.807) is 24.5 Å². The summed E-state index contributed by atoms with van der Waals surface area (Å²) >= 11 is 0. The molecular formula is C14H14N2O. The van der Waals surface area contributed by atoms with Crippen LogP contribution in [0.5, 0.6) is 0 Å². The molecule has 0 radical (unpaired) electrons. The van der Waals surface area contributed by atoms with Crippen LogP contribution in [0.4, 0.5) is 0 Å². The van der Waals surface area contributed by atoms with Gasteiger partial charge in [-0.15, -0.1) is 0 Å². The number of carbonyl (C=O) groups excluding carboxylic acids is 1. The molecule has 0 aliphatic carbocycles. The number of nitrogens with two attached hydrogens (primary N) is 1. The van der Waals surface area contributed by atoms with Gasteiger partial charge in [0.05, 0.1) is 0 Å². The molecule has 0 aliphatic rings. The summed E-state index contributed by atoms with van der Waals surface area (Å²) in [6, 6.07) is 11.5. The van der Waals surface area contributed by atoms with Crippen LogP contribution in [0, 0.1) is 0 Å². The Morgan fingerprint density at radius 3 is 2.00 bits per heavy atom.